The quantitative estimate of drug-likeness (QED) is 0.437. The summed E-state index contributed by atoms with van der Waals surface area (Å²) in [5, 5.41) is 11.2. The van der Waals surface area contributed by atoms with Gasteiger partial charge in [0.15, 0.2) is 22.9 Å². The second-order valence-corrected chi connectivity index (χ2v) is 8.33. The lowest BCUT2D eigenvalue weighted by Gasteiger charge is -2.31. The highest BCUT2D eigenvalue weighted by Crippen LogP contribution is 2.44. The van der Waals surface area contributed by atoms with Crippen LogP contribution in [-0.4, -0.2) is 33.8 Å². The minimum atomic E-state index is -1.92. The molecule has 0 bridgehead atoms. The standard InChI is InChI=1S/C23H20FN3O6/c1-2-23(30)13-5-15-19-11(8-27(15)21(28)12(13)9-33-22(23)29)10(7-25)17-14(26-19)6-16-20(18(17)24)32-4-3-31-16/h5-6,30H,2-4,7-9,25H2,1H3/t23-/m0/s1. The molecule has 1 aromatic carbocycles. The number of halogens is 1. The van der Waals surface area contributed by atoms with Crippen molar-refractivity contribution in [3.05, 3.63) is 50.6 Å². The first-order valence-corrected chi connectivity index (χ1v) is 10.7. The molecule has 6 rings (SSSR count). The van der Waals surface area contributed by atoms with Crippen LogP contribution in [0.4, 0.5) is 4.39 Å². The fourth-order valence-electron chi connectivity index (χ4n) is 5.01. The summed E-state index contributed by atoms with van der Waals surface area (Å²) in [5.74, 6) is -1.11. The van der Waals surface area contributed by atoms with Crippen LogP contribution in [0, 0.1) is 5.82 Å². The van der Waals surface area contributed by atoms with E-state index in [4.69, 9.17) is 19.9 Å². The zero-order valence-corrected chi connectivity index (χ0v) is 17.7. The summed E-state index contributed by atoms with van der Waals surface area (Å²) in [6, 6.07) is 3.21. The summed E-state index contributed by atoms with van der Waals surface area (Å²) in [4.78, 5) is 30.3. The third-order valence-corrected chi connectivity index (χ3v) is 6.74. The lowest BCUT2D eigenvalue weighted by Crippen LogP contribution is -2.44. The number of esters is 1. The lowest BCUT2D eigenvalue weighted by molar-refractivity contribution is -0.172. The Bertz CT molecular complexity index is 1450. The summed E-state index contributed by atoms with van der Waals surface area (Å²) < 4.78 is 33.1. The molecule has 3 N–H and O–H groups in total. The molecular formula is C23H20FN3O6. The van der Waals surface area contributed by atoms with Gasteiger partial charge in [-0.3, -0.25) is 4.79 Å². The van der Waals surface area contributed by atoms with Gasteiger partial charge in [0.05, 0.1) is 29.0 Å². The first-order chi connectivity index (χ1) is 15.9. The maximum absolute atomic E-state index is 15.5. The minimum absolute atomic E-state index is 0.0147. The molecule has 3 aliphatic rings. The Morgan fingerprint density at radius 1 is 1.21 bits per heavy atom. The molecule has 0 saturated heterocycles. The monoisotopic (exact) mass is 453 g/mol. The van der Waals surface area contributed by atoms with Crippen molar-refractivity contribution in [2.75, 3.05) is 13.2 Å². The number of nitrogens with two attached hydrogens (primary N) is 1. The van der Waals surface area contributed by atoms with Crippen LogP contribution in [0.15, 0.2) is 16.9 Å². The Balaban J connectivity index is 1.66. The number of benzene rings is 1. The number of nitrogens with zero attached hydrogens (tertiary/aromatic N) is 2. The zero-order chi connectivity index (χ0) is 23.1. The highest BCUT2D eigenvalue weighted by atomic mass is 19.1. The number of pyridine rings is 2. The van der Waals surface area contributed by atoms with Crippen LogP contribution in [0.5, 0.6) is 11.5 Å². The van der Waals surface area contributed by atoms with Crippen molar-refractivity contribution in [1.29, 1.82) is 0 Å². The molecular weight excluding hydrogens is 433 g/mol. The first-order valence-electron chi connectivity index (χ1n) is 10.7. The molecule has 1 atom stereocenters. The van der Waals surface area contributed by atoms with Crippen LogP contribution < -0.4 is 20.8 Å². The zero-order valence-electron chi connectivity index (χ0n) is 17.7. The highest BCUT2D eigenvalue weighted by Gasteiger charge is 2.45. The number of ether oxygens (including phenoxy) is 3. The van der Waals surface area contributed by atoms with Crippen LogP contribution in [0.2, 0.25) is 0 Å². The number of rotatable bonds is 2. The van der Waals surface area contributed by atoms with Gasteiger partial charge in [-0.05, 0) is 18.1 Å². The lowest BCUT2D eigenvalue weighted by atomic mass is 9.86. The van der Waals surface area contributed by atoms with E-state index in [0.717, 1.165) is 0 Å². The van der Waals surface area contributed by atoms with E-state index in [1.54, 1.807) is 19.1 Å². The molecule has 0 aliphatic carbocycles. The number of carbonyl (C=O) groups is 1. The van der Waals surface area contributed by atoms with Crippen LogP contribution >= 0.6 is 0 Å². The number of aromatic nitrogens is 2. The number of fused-ring (bicyclic) bond motifs is 6. The van der Waals surface area contributed by atoms with E-state index < -0.39 is 22.9 Å². The third-order valence-electron chi connectivity index (χ3n) is 6.74. The number of cyclic esters (lactones) is 1. The molecule has 2 aromatic heterocycles. The number of hydrogen-bond donors (Lipinski definition) is 2. The molecule has 3 aliphatic heterocycles. The smallest absolute Gasteiger partial charge is 0.343 e. The Morgan fingerprint density at radius 2 is 2.00 bits per heavy atom. The first kappa shape index (κ1) is 20.1. The molecule has 9 nitrogen and oxygen atoms in total. The molecule has 0 amide bonds. The number of carbonyl (C=O) groups excluding carboxylic acids is 1. The van der Waals surface area contributed by atoms with Crippen molar-refractivity contribution < 1.29 is 28.5 Å². The van der Waals surface area contributed by atoms with E-state index in [0.29, 0.717) is 34.6 Å². The van der Waals surface area contributed by atoms with E-state index >= 15 is 4.39 Å². The normalized spacial score (nSPS) is 20.3. The van der Waals surface area contributed by atoms with Gasteiger partial charge in [0, 0.05) is 29.1 Å². The van der Waals surface area contributed by atoms with Gasteiger partial charge >= 0.3 is 5.97 Å². The van der Waals surface area contributed by atoms with Crippen molar-refractivity contribution in [3.8, 4) is 22.9 Å². The predicted octanol–water partition coefficient (Wildman–Crippen LogP) is 1.45. The summed E-state index contributed by atoms with van der Waals surface area (Å²) in [6.45, 7) is 2.10. The van der Waals surface area contributed by atoms with Gasteiger partial charge in [-0.2, -0.15) is 0 Å². The van der Waals surface area contributed by atoms with Crippen LogP contribution in [0.3, 0.4) is 0 Å². The molecule has 0 fully saturated rings. The van der Waals surface area contributed by atoms with E-state index in [2.05, 4.69) is 4.98 Å². The molecule has 0 spiro atoms. The van der Waals surface area contributed by atoms with Gasteiger partial charge in [-0.15, -0.1) is 0 Å². The molecule has 5 heterocycles. The fraction of sp³-hybridized carbons (Fsp3) is 0.348. The SMILES string of the molecule is CC[C@@]1(O)C(=O)OCc2c1cc1n(c2=O)Cc2c-1nc1cc3c(c(F)c1c2CN)OCCO3. The number of hydrogen-bond acceptors (Lipinski definition) is 8. The molecule has 0 radical (unpaired) electrons. The van der Waals surface area contributed by atoms with Crippen molar-refractivity contribution in [1.82, 2.24) is 9.55 Å². The van der Waals surface area contributed by atoms with Gasteiger partial charge < -0.3 is 29.6 Å². The van der Waals surface area contributed by atoms with Gasteiger partial charge in [-0.25, -0.2) is 14.2 Å². The molecule has 10 heteroatoms. The molecule has 0 unspecified atom stereocenters. The summed E-state index contributed by atoms with van der Waals surface area (Å²) in [6.07, 6.45) is 0.0441. The van der Waals surface area contributed by atoms with E-state index in [-0.39, 0.29) is 60.7 Å². The third kappa shape index (κ3) is 2.50. The molecule has 170 valence electrons. The Morgan fingerprint density at radius 3 is 2.76 bits per heavy atom. The Hall–Kier alpha value is -3.50. The second kappa shape index (κ2) is 6.75. The van der Waals surface area contributed by atoms with Crippen LogP contribution in [0.25, 0.3) is 22.3 Å². The number of aliphatic hydroxyl groups is 1. The Kier molecular flexibility index (Phi) is 4.12. The van der Waals surface area contributed by atoms with Gasteiger partial charge in [0.1, 0.15) is 19.8 Å². The van der Waals surface area contributed by atoms with Crippen molar-refractivity contribution >= 4 is 16.9 Å². The maximum Gasteiger partial charge on any atom is 0.343 e. The average molecular weight is 453 g/mol. The average Bonchev–Trinajstić information content (AvgIpc) is 3.19. The molecule has 33 heavy (non-hydrogen) atoms. The van der Waals surface area contributed by atoms with Crippen molar-refractivity contribution in [2.24, 2.45) is 5.73 Å². The van der Waals surface area contributed by atoms with E-state index in [1.807, 2.05) is 0 Å². The predicted molar refractivity (Wildman–Crippen MR) is 113 cm³/mol. The van der Waals surface area contributed by atoms with Gasteiger partial charge in [0.25, 0.3) is 5.56 Å². The fourth-order valence-corrected chi connectivity index (χ4v) is 5.01. The summed E-state index contributed by atoms with van der Waals surface area (Å²) >= 11 is 0. The van der Waals surface area contributed by atoms with Gasteiger partial charge in [0.2, 0.25) is 0 Å². The van der Waals surface area contributed by atoms with Crippen molar-refractivity contribution in [3.63, 3.8) is 0 Å². The molecule has 3 aromatic rings. The topological polar surface area (TPSA) is 126 Å². The minimum Gasteiger partial charge on any atom is -0.486 e. The molecule has 0 saturated carbocycles. The summed E-state index contributed by atoms with van der Waals surface area (Å²) in [7, 11) is 0. The Labute approximate surface area is 186 Å². The van der Waals surface area contributed by atoms with Crippen molar-refractivity contribution in [2.45, 2.75) is 38.6 Å². The van der Waals surface area contributed by atoms with Gasteiger partial charge in [-0.1, -0.05) is 6.92 Å². The van der Waals surface area contributed by atoms with Crippen LogP contribution in [0.1, 0.15) is 35.6 Å². The van der Waals surface area contributed by atoms with E-state index in [1.165, 1.54) is 4.57 Å². The maximum atomic E-state index is 15.5. The second-order valence-electron chi connectivity index (χ2n) is 8.33. The van der Waals surface area contributed by atoms with E-state index in [9.17, 15) is 14.7 Å². The van der Waals surface area contributed by atoms with Crippen LogP contribution in [-0.2, 0) is 34.8 Å². The highest BCUT2D eigenvalue weighted by molar-refractivity contribution is 5.91. The largest absolute Gasteiger partial charge is 0.486 e. The summed E-state index contributed by atoms with van der Waals surface area (Å²) in [5.41, 5.74) is 6.52.